The van der Waals surface area contributed by atoms with Crippen molar-refractivity contribution in [2.75, 3.05) is 18.6 Å². The highest BCUT2D eigenvalue weighted by atomic mass is 32.2. The van der Waals surface area contributed by atoms with Crippen LogP contribution in [0.4, 0.5) is 11.6 Å². The summed E-state index contributed by atoms with van der Waals surface area (Å²) in [5.41, 5.74) is 1.51. The molecule has 0 spiro atoms. The van der Waals surface area contributed by atoms with Crippen molar-refractivity contribution in [3.8, 4) is 5.75 Å². The van der Waals surface area contributed by atoms with Gasteiger partial charge in [-0.3, -0.25) is 0 Å². The number of anilines is 2. The van der Waals surface area contributed by atoms with Gasteiger partial charge in [0.05, 0.1) is 12.8 Å². The molecule has 1 aliphatic rings. The van der Waals surface area contributed by atoms with Crippen LogP contribution in [0.15, 0.2) is 53.4 Å². The Bertz CT molecular complexity index is 1120. The maximum Gasteiger partial charge on any atom is 0.274 e. The zero-order chi connectivity index (χ0) is 19.0. The second kappa shape index (κ2) is 6.55. The van der Waals surface area contributed by atoms with Gasteiger partial charge in [0.15, 0.2) is 5.82 Å². The predicted molar refractivity (Wildman–Crippen MR) is 104 cm³/mol. The molecule has 2 heterocycles. The number of rotatable bonds is 4. The van der Waals surface area contributed by atoms with E-state index in [1.165, 1.54) is 3.97 Å². The van der Waals surface area contributed by atoms with Gasteiger partial charge in [0.25, 0.3) is 10.0 Å². The van der Waals surface area contributed by atoms with Gasteiger partial charge in [-0.05, 0) is 42.8 Å². The van der Waals surface area contributed by atoms with E-state index in [-0.39, 0.29) is 10.7 Å². The van der Waals surface area contributed by atoms with E-state index in [0.29, 0.717) is 18.2 Å². The molecule has 8 heteroatoms. The van der Waals surface area contributed by atoms with Gasteiger partial charge in [0.1, 0.15) is 10.6 Å². The first-order valence-corrected chi connectivity index (χ1v) is 9.90. The van der Waals surface area contributed by atoms with E-state index < -0.39 is 10.0 Å². The third kappa shape index (κ3) is 2.78. The van der Waals surface area contributed by atoms with Crippen molar-refractivity contribution >= 4 is 33.8 Å². The number of ether oxygens (including phenoxy) is 1. The minimum Gasteiger partial charge on any atom is -0.497 e. The van der Waals surface area contributed by atoms with E-state index in [0.717, 1.165) is 11.3 Å². The maximum atomic E-state index is 13.1. The normalized spacial score (nSPS) is 14.8. The molecule has 2 aromatic carbocycles. The lowest BCUT2D eigenvalue weighted by molar-refractivity contribution is 0.415. The quantitative estimate of drug-likeness (QED) is 0.690. The Morgan fingerprint density at radius 1 is 1.04 bits per heavy atom. The van der Waals surface area contributed by atoms with Crippen molar-refractivity contribution in [2.45, 2.75) is 11.8 Å². The second-order valence-electron chi connectivity index (χ2n) is 5.95. The number of para-hydroxylation sites is 1. The second-order valence-corrected chi connectivity index (χ2v) is 7.70. The highest BCUT2D eigenvalue weighted by Crippen LogP contribution is 2.38. The number of fused-ring (bicyclic) bond motifs is 2. The van der Waals surface area contributed by atoms with E-state index in [1.54, 1.807) is 37.5 Å². The molecule has 4 rings (SSSR count). The smallest absolute Gasteiger partial charge is 0.274 e. The Hall–Kier alpha value is -3.13. The van der Waals surface area contributed by atoms with Gasteiger partial charge >= 0.3 is 0 Å². The summed E-state index contributed by atoms with van der Waals surface area (Å²) in [6.45, 7) is 2.52. The molecule has 0 saturated carbocycles. The lowest BCUT2D eigenvalue weighted by Crippen LogP contribution is -2.31. The molecule has 0 saturated heterocycles. The van der Waals surface area contributed by atoms with Crippen molar-refractivity contribution in [1.82, 2.24) is 14.2 Å². The first-order valence-electron chi connectivity index (χ1n) is 8.46. The molecular formula is C19H18N4O3S. The average molecular weight is 382 g/mol. The largest absolute Gasteiger partial charge is 0.497 e. The fourth-order valence-electron chi connectivity index (χ4n) is 3.08. The van der Waals surface area contributed by atoms with Crippen LogP contribution in [0, 0.1) is 0 Å². The first kappa shape index (κ1) is 17.3. The molecule has 1 aromatic heterocycles. The summed E-state index contributed by atoms with van der Waals surface area (Å²) in [4.78, 5) is 2.09. The van der Waals surface area contributed by atoms with Crippen LogP contribution in [0.25, 0.3) is 12.2 Å². The molecule has 7 nitrogen and oxygen atoms in total. The van der Waals surface area contributed by atoms with Gasteiger partial charge in [-0.1, -0.05) is 30.3 Å². The number of benzene rings is 2. The Kier molecular flexibility index (Phi) is 4.19. The highest BCUT2D eigenvalue weighted by Gasteiger charge is 2.36. The lowest BCUT2D eigenvalue weighted by Gasteiger charge is -2.29. The SMILES string of the molecule is CCN1c2ccccc2S(=O)(=O)n2c(/C=C/c3ccc(OC)cc3)nnc21. The fraction of sp³-hybridized carbons (Fsp3) is 0.158. The van der Waals surface area contributed by atoms with Crippen LogP contribution < -0.4 is 9.64 Å². The molecule has 138 valence electrons. The summed E-state index contributed by atoms with van der Waals surface area (Å²) in [6, 6.07) is 14.3. The van der Waals surface area contributed by atoms with E-state index in [1.807, 2.05) is 42.2 Å². The average Bonchev–Trinajstić information content (AvgIpc) is 3.12. The van der Waals surface area contributed by atoms with Crippen LogP contribution in [-0.4, -0.2) is 36.2 Å². The molecule has 0 unspecified atom stereocenters. The van der Waals surface area contributed by atoms with Crippen LogP contribution in [0.1, 0.15) is 18.3 Å². The number of methoxy groups -OCH3 is 1. The number of nitrogens with zero attached hydrogens (tertiary/aromatic N) is 4. The fourth-order valence-corrected chi connectivity index (χ4v) is 4.66. The Balaban J connectivity index is 1.79. The van der Waals surface area contributed by atoms with E-state index >= 15 is 0 Å². The van der Waals surface area contributed by atoms with Crippen LogP contribution >= 0.6 is 0 Å². The lowest BCUT2D eigenvalue weighted by atomic mass is 10.2. The summed E-state index contributed by atoms with van der Waals surface area (Å²) in [5.74, 6) is 1.31. The van der Waals surface area contributed by atoms with Gasteiger partial charge in [0, 0.05) is 6.54 Å². The topological polar surface area (TPSA) is 77.3 Å². The number of hydrogen-bond acceptors (Lipinski definition) is 6. The molecule has 0 bridgehead atoms. The maximum absolute atomic E-state index is 13.1. The summed E-state index contributed by atoms with van der Waals surface area (Å²) in [5, 5.41) is 8.24. The highest BCUT2D eigenvalue weighted by molar-refractivity contribution is 7.90. The molecule has 3 aromatic rings. The van der Waals surface area contributed by atoms with Crippen LogP contribution in [0.3, 0.4) is 0 Å². The van der Waals surface area contributed by atoms with E-state index in [4.69, 9.17) is 4.74 Å². The molecule has 0 fully saturated rings. The molecule has 27 heavy (non-hydrogen) atoms. The Morgan fingerprint density at radius 3 is 2.48 bits per heavy atom. The van der Waals surface area contributed by atoms with Crippen molar-refractivity contribution in [1.29, 1.82) is 0 Å². The minimum atomic E-state index is -3.77. The molecule has 0 N–H and O–H groups in total. The Labute approximate surface area is 157 Å². The summed E-state index contributed by atoms with van der Waals surface area (Å²) in [6.07, 6.45) is 3.45. The van der Waals surface area contributed by atoms with Crippen molar-refractivity contribution in [3.05, 3.63) is 59.9 Å². The summed E-state index contributed by atoms with van der Waals surface area (Å²) >= 11 is 0. The zero-order valence-electron chi connectivity index (χ0n) is 14.9. The standard InChI is InChI=1S/C19H18N4O3S/c1-3-22-16-6-4-5-7-17(16)27(24,25)23-18(20-21-19(22)23)13-10-14-8-11-15(26-2)12-9-14/h4-13H,3H2,1-2H3/b13-10+. The molecular weight excluding hydrogens is 364 g/mol. The van der Waals surface area contributed by atoms with Gasteiger partial charge in [-0.25, -0.2) is 8.42 Å². The third-order valence-corrected chi connectivity index (χ3v) is 6.14. The van der Waals surface area contributed by atoms with E-state index in [2.05, 4.69) is 10.2 Å². The van der Waals surface area contributed by atoms with Crippen LogP contribution in [0.2, 0.25) is 0 Å². The van der Waals surface area contributed by atoms with E-state index in [9.17, 15) is 8.42 Å². The monoisotopic (exact) mass is 382 g/mol. The predicted octanol–water partition coefficient (Wildman–Crippen LogP) is 3.17. The van der Waals surface area contributed by atoms with Crippen molar-refractivity contribution in [3.63, 3.8) is 0 Å². The van der Waals surface area contributed by atoms with Crippen LogP contribution in [-0.2, 0) is 10.0 Å². The zero-order valence-corrected chi connectivity index (χ0v) is 15.7. The number of aromatic nitrogens is 3. The Morgan fingerprint density at radius 2 is 1.78 bits per heavy atom. The van der Waals surface area contributed by atoms with Gasteiger partial charge in [-0.15, -0.1) is 10.2 Å². The summed E-state index contributed by atoms with van der Waals surface area (Å²) < 4.78 is 32.6. The molecule has 1 aliphatic heterocycles. The van der Waals surface area contributed by atoms with Crippen LogP contribution in [0.5, 0.6) is 5.75 Å². The van der Waals surface area contributed by atoms with Crippen molar-refractivity contribution in [2.24, 2.45) is 0 Å². The van der Waals surface area contributed by atoms with Gasteiger partial charge in [0.2, 0.25) is 5.95 Å². The van der Waals surface area contributed by atoms with Gasteiger partial charge in [-0.2, -0.15) is 3.97 Å². The molecule has 0 atom stereocenters. The summed E-state index contributed by atoms with van der Waals surface area (Å²) in [7, 11) is -2.16. The minimum absolute atomic E-state index is 0.248. The van der Waals surface area contributed by atoms with Crippen molar-refractivity contribution < 1.29 is 13.2 Å². The molecule has 0 aliphatic carbocycles. The molecule has 0 radical (unpaired) electrons. The molecule has 0 amide bonds. The third-order valence-electron chi connectivity index (χ3n) is 4.40. The first-order chi connectivity index (χ1) is 13.1. The number of hydrogen-bond donors (Lipinski definition) is 0. The van der Waals surface area contributed by atoms with Gasteiger partial charge < -0.3 is 9.64 Å².